The number of hydrogen-bond acceptors (Lipinski definition) is 7. The van der Waals surface area contributed by atoms with Gasteiger partial charge in [0.25, 0.3) is 0 Å². The minimum absolute atomic E-state index is 0.649. The summed E-state index contributed by atoms with van der Waals surface area (Å²) in [5.74, 6) is 0.766. The van der Waals surface area contributed by atoms with E-state index in [9.17, 15) is 0 Å². The van der Waals surface area contributed by atoms with Gasteiger partial charge in [-0.25, -0.2) is 24.9 Å². The summed E-state index contributed by atoms with van der Waals surface area (Å²) in [5, 5.41) is 4.57. The van der Waals surface area contributed by atoms with E-state index in [-0.39, 0.29) is 0 Å². The molecule has 0 saturated carbocycles. The lowest BCUT2D eigenvalue weighted by atomic mass is 10.6. The van der Waals surface area contributed by atoms with Crippen LogP contribution in [0.5, 0.6) is 0 Å². The van der Waals surface area contributed by atoms with Gasteiger partial charge in [-0.15, -0.1) is 0 Å². The molecule has 3 heterocycles. The Kier molecular flexibility index (Phi) is 2.77. The van der Waals surface area contributed by atoms with Crippen LogP contribution in [-0.2, 0) is 0 Å². The Hall–Kier alpha value is -2.22. The molecule has 2 N–H and O–H groups in total. The molecule has 3 rings (SSSR count). The molecule has 3 aromatic heterocycles. The summed E-state index contributed by atoms with van der Waals surface area (Å²) in [4.78, 5) is 23.7. The molecular formula is C10H9N7S. The maximum atomic E-state index is 4.23. The van der Waals surface area contributed by atoms with Gasteiger partial charge in [0.15, 0.2) is 5.65 Å². The lowest BCUT2D eigenvalue weighted by Crippen LogP contribution is -1.94. The van der Waals surface area contributed by atoms with Crippen LogP contribution in [0.2, 0.25) is 0 Å². The van der Waals surface area contributed by atoms with E-state index in [4.69, 9.17) is 0 Å². The fraction of sp³-hybridized carbons (Fsp3) is 0.100. The molecular weight excluding hydrogens is 250 g/mol. The van der Waals surface area contributed by atoms with Gasteiger partial charge in [0, 0.05) is 13.1 Å². The molecule has 0 aliphatic carbocycles. The van der Waals surface area contributed by atoms with Gasteiger partial charge in [-0.3, -0.25) is 0 Å². The van der Waals surface area contributed by atoms with E-state index < -0.39 is 0 Å². The smallest absolute Gasteiger partial charge is 0.181 e. The Bertz CT molecular complexity index is 681. The number of imidazole rings is 1. The highest BCUT2D eigenvalue weighted by atomic mass is 32.2. The van der Waals surface area contributed by atoms with Crippen molar-refractivity contribution in [3.05, 3.63) is 25.0 Å². The fourth-order valence-corrected chi connectivity index (χ4v) is 2.27. The summed E-state index contributed by atoms with van der Waals surface area (Å²) in [6.07, 6.45) is 4.60. The van der Waals surface area contributed by atoms with Crippen LogP contribution in [0.25, 0.3) is 11.2 Å². The number of rotatable bonds is 3. The number of aromatic amines is 1. The third kappa shape index (κ3) is 1.97. The van der Waals surface area contributed by atoms with Crippen LogP contribution in [0.15, 0.2) is 35.1 Å². The van der Waals surface area contributed by atoms with Gasteiger partial charge in [-0.2, -0.15) is 0 Å². The number of nitrogens with one attached hydrogen (secondary N) is 2. The molecule has 8 heteroatoms. The van der Waals surface area contributed by atoms with Gasteiger partial charge in [0.1, 0.15) is 34.0 Å². The molecule has 18 heavy (non-hydrogen) atoms. The largest absolute Gasteiger partial charge is 0.373 e. The first-order valence-electron chi connectivity index (χ1n) is 5.18. The lowest BCUT2D eigenvalue weighted by molar-refractivity contribution is 1.03. The van der Waals surface area contributed by atoms with Crippen molar-refractivity contribution in [2.75, 3.05) is 12.4 Å². The first-order valence-corrected chi connectivity index (χ1v) is 6.00. The van der Waals surface area contributed by atoms with Crippen LogP contribution in [0.1, 0.15) is 0 Å². The number of fused-ring (bicyclic) bond motifs is 1. The number of anilines is 1. The van der Waals surface area contributed by atoms with Crippen LogP contribution in [-0.4, -0.2) is 37.0 Å². The van der Waals surface area contributed by atoms with Gasteiger partial charge in [0.2, 0.25) is 0 Å². The predicted octanol–water partition coefficient (Wildman–Crippen LogP) is 1.34. The highest BCUT2D eigenvalue weighted by Crippen LogP contribution is 2.28. The average molecular weight is 259 g/mol. The monoisotopic (exact) mass is 259 g/mol. The molecule has 0 aliphatic heterocycles. The Labute approximate surface area is 107 Å². The summed E-state index contributed by atoms with van der Waals surface area (Å²) in [6.45, 7) is 0. The van der Waals surface area contributed by atoms with Crippen LogP contribution in [0.4, 0.5) is 5.82 Å². The molecule has 90 valence electrons. The van der Waals surface area contributed by atoms with Crippen LogP contribution in [0.3, 0.4) is 0 Å². The highest BCUT2D eigenvalue weighted by Gasteiger charge is 2.08. The van der Waals surface area contributed by atoms with Crippen molar-refractivity contribution in [2.45, 2.75) is 10.1 Å². The van der Waals surface area contributed by atoms with Crippen molar-refractivity contribution < 1.29 is 0 Å². The summed E-state index contributed by atoms with van der Waals surface area (Å²) in [7, 11) is 1.81. The van der Waals surface area contributed by atoms with Crippen molar-refractivity contribution in [3.8, 4) is 0 Å². The second-order valence-electron chi connectivity index (χ2n) is 3.37. The summed E-state index contributed by atoms with van der Waals surface area (Å²) >= 11 is 1.44. The Balaban J connectivity index is 1.98. The molecule has 0 saturated heterocycles. The minimum Gasteiger partial charge on any atom is -0.373 e. The topological polar surface area (TPSA) is 92.3 Å². The number of H-pyrrole nitrogens is 1. The molecule has 0 fully saturated rings. The van der Waals surface area contributed by atoms with E-state index in [0.717, 1.165) is 21.4 Å². The van der Waals surface area contributed by atoms with Crippen molar-refractivity contribution in [1.29, 1.82) is 0 Å². The minimum atomic E-state index is 0.649. The standard InChI is InChI=1S/C10H9N7S/c1-11-6-2-7(13-3-12-6)18-10-8-9(15-4-14-8)16-5-17-10/h2-5H,1H3,(H,11,12,13)(H,14,15,16,17). The Morgan fingerprint density at radius 3 is 2.89 bits per heavy atom. The summed E-state index contributed by atoms with van der Waals surface area (Å²) in [6, 6.07) is 1.86. The molecule has 0 spiro atoms. The van der Waals surface area contributed by atoms with Crippen LogP contribution < -0.4 is 5.32 Å². The molecule has 0 aromatic carbocycles. The van der Waals surface area contributed by atoms with E-state index in [1.807, 2.05) is 13.1 Å². The zero-order chi connectivity index (χ0) is 12.4. The van der Waals surface area contributed by atoms with Crippen LogP contribution >= 0.6 is 11.8 Å². The van der Waals surface area contributed by atoms with E-state index in [1.54, 1.807) is 6.33 Å². The van der Waals surface area contributed by atoms with Gasteiger partial charge < -0.3 is 10.3 Å². The Morgan fingerprint density at radius 1 is 1.11 bits per heavy atom. The first-order chi connectivity index (χ1) is 8.86. The lowest BCUT2D eigenvalue weighted by Gasteiger charge is -2.02. The number of aromatic nitrogens is 6. The van der Waals surface area contributed by atoms with E-state index in [0.29, 0.717) is 5.65 Å². The molecule has 0 aliphatic rings. The maximum absolute atomic E-state index is 4.23. The first kappa shape index (κ1) is 10.9. The van der Waals surface area contributed by atoms with Gasteiger partial charge in [-0.1, -0.05) is 0 Å². The van der Waals surface area contributed by atoms with Gasteiger partial charge in [-0.05, 0) is 11.8 Å². The molecule has 0 unspecified atom stereocenters. The average Bonchev–Trinajstić information content (AvgIpc) is 2.88. The van der Waals surface area contributed by atoms with E-state index >= 15 is 0 Å². The SMILES string of the molecule is CNc1cc(Sc2ncnc3nc[nH]c23)ncn1. The number of nitrogens with zero attached hydrogens (tertiary/aromatic N) is 5. The zero-order valence-electron chi connectivity index (χ0n) is 9.45. The molecule has 3 aromatic rings. The third-order valence-corrected chi connectivity index (χ3v) is 3.22. The van der Waals surface area contributed by atoms with Crippen molar-refractivity contribution >= 4 is 28.7 Å². The molecule has 0 amide bonds. The summed E-state index contributed by atoms with van der Waals surface area (Å²) < 4.78 is 0. The zero-order valence-corrected chi connectivity index (χ0v) is 10.3. The Morgan fingerprint density at radius 2 is 2.00 bits per heavy atom. The van der Waals surface area contributed by atoms with Crippen LogP contribution in [0, 0.1) is 0 Å². The summed E-state index contributed by atoms with van der Waals surface area (Å²) in [5.41, 5.74) is 1.46. The molecule has 0 bridgehead atoms. The molecule has 0 atom stereocenters. The van der Waals surface area contributed by atoms with Gasteiger partial charge in [0.05, 0.1) is 6.33 Å². The second kappa shape index (κ2) is 4.57. The van der Waals surface area contributed by atoms with Crippen molar-refractivity contribution in [2.24, 2.45) is 0 Å². The van der Waals surface area contributed by atoms with Gasteiger partial charge >= 0.3 is 0 Å². The van der Waals surface area contributed by atoms with E-state index in [1.165, 1.54) is 24.4 Å². The molecule has 0 radical (unpaired) electrons. The van der Waals surface area contributed by atoms with E-state index in [2.05, 4.69) is 35.2 Å². The third-order valence-electron chi connectivity index (χ3n) is 2.29. The normalized spacial score (nSPS) is 10.7. The fourth-order valence-electron chi connectivity index (χ4n) is 1.45. The predicted molar refractivity (Wildman–Crippen MR) is 67.4 cm³/mol. The van der Waals surface area contributed by atoms with Crippen molar-refractivity contribution in [1.82, 2.24) is 29.9 Å². The van der Waals surface area contributed by atoms with Crippen molar-refractivity contribution in [3.63, 3.8) is 0 Å². The second-order valence-corrected chi connectivity index (χ2v) is 4.38. The number of hydrogen-bond donors (Lipinski definition) is 2. The highest BCUT2D eigenvalue weighted by molar-refractivity contribution is 7.99. The maximum Gasteiger partial charge on any atom is 0.181 e. The molecule has 7 nitrogen and oxygen atoms in total. The quantitative estimate of drug-likeness (QED) is 0.685.